The Bertz CT molecular complexity index is 859. The average Bonchev–Trinajstić information content (AvgIpc) is 2.96. The molecule has 0 atom stereocenters. The molecule has 0 spiro atoms. The van der Waals surface area contributed by atoms with Gasteiger partial charge >= 0.3 is 6.36 Å². The van der Waals surface area contributed by atoms with E-state index in [2.05, 4.69) is 30.9 Å². The van der Waals surface area contributed by atoms with Gasteiger partial charge in [-0.3, -0.25) is 5.10 Å². The Morgan fingerprint density at radius 2 is 1.71 bits per heavy atom. The molecule has 0 fully saturated rings. The van der Waals surface area contributed by atoms with E-state index in [4.69, 9.17) is 0 Å². The van der Waals surface area contributed by atoms with Gasteiger partial charge in [-0.15, -0.1) is 13.2 Å². The van der Waals surface area contributed by atoms with E-state index in [0.29, 0.717) is 27.0 Å². The van der Waals surface area contributed by atoms with Crippen molar-refractivity contribution < 1.29 is 22.3 Å². The number of ether oxygens (including phenoxy) is 1. The van der Waals surface area contributed by atoms with E-state index in [1.54, 1.807) is 18.2 Å². The standard InChI is InChI=1S/C16H9BrF4N2O/c17-13-7-11(24-16(19,20)21)5-6-12(13)15-8-14(22-23-15)9-1-3-10(18)4-2-9/h1-8H,(H,22,23). The highest BCUT2D eigenvalue weighted by molar-refractivity contribution is 9.10. The summed E-state index contributed by atoms with van der Waals surface area (Å²) in [5.74, 6) is -0.672. The Morgan fingerprint density at radius 1 is 1.00 bits per heavy atom. The van der Waals surface area contributed by atoms with E-state index in [0.717, 1.165) is 0 Å². The van der Waals surface area contributed by atoms with Crippen molar-refractivity contribution in [3.63, 3.8) is 0 Å². The molecule has 124 valence electrons. The number of nitrogens with zero attached hydrogens (tertiary/aromatic N) is 1. The van der Waals surface area contributed by atoms with E-state index in [1.807, 2.05) is 0 Å². The monoisotopic (exact) mass is 400 g/mol. The zero-order valence-corrected chi connectivity index (χ0v) is 13.5. The van der Waals surface area contributed by atoms with Crippen LogP contribution in [-0.2, 0) is 0 Å². The molecule has 0 amide bonds. The second-order valence-electron chi connectivity index (χ2n) is 4.86. The van der Waals surface area contributed by atoms with Crippen molar-refractivity contribution in [1.29, 1.82) is 0 Å². The highest BCUT2D eigenvalue weighted by Gasteiger charge is 2.31. The Labute approximate surface area is 142 Å². The summed E-state index contributed by atoms with van der Waals surface area (Å²) in [7, 11) is 0. The van der Waals surface area contributed by atoms with Gasteiger partial charge in [0.05, 0.1) is 11.4 Å². The minimum Gasteiger partial charge on any atom is -0.406 e. The highest BCUT2D eigenvalue weighted by Crippen LogP contribution is 2.34. The third kappa shape index (κ3) is 3.76. The molecular weight excluding hydrogens is 392 g/mol. The molecular formula is C16H9BrF4N2O. The number of aromatic nitrogens is 2. The lowest BCUT2D eigenvalue weighted by molar-refractivity contribution is -0.274. The summed E-state index contributed by atoms with van der Waals surface area (Å²) in [6, 6.07) is 11.5. The van der Waals surface area contributed by atoms with Crippen molar-refractivity contribution in [2.45, 2.75) is 6.36 Å². The van der Waals surface area contributed by atoms with Crippen molar-refractivity contribution in [3.8, 4) is 28.3 Å². The average molecular weight is 401 g/mol. The number of hydrogen-bond acceptors (Lipinski definition) is 2. The predicted molar refractivity (Wildman–Crippen MR) is 83.8 cm³/mol. The maximum atomic E-state index is 13.0. The lowest BCUT2D eigenvalue weighted by atomic mass is 10.1. The summed E-state index contributed by atoms with van der Waals surface area (Å²) < 4.78 is 53.9. The van der Waals surface area contributed by atoms with E-state index in [9.17, 15) is 17.6 Å². The quantitative estimate of drug-likeness (QED) is 0.585. The molecule has 24 heavy (non-hydrogen) atoms. The van der Waals surface area contributed by atoms with Crippen LogP contribution >= 0.6 is 15.9 Å². The third-order valence-electron chi connectivity index (χ3n) is 3.18. The van der Waals surface area contributed by atoms with Crippen LogP contribution in [0.25, 0.3) is 22.5 Å². The van der Waals surface area contributed by atoms with E-state index < -0.39 is 6.36 Å². The molecule has 2 aromatic carbocycles. The SMILES string of the molecule is Fc1ccc(-c2cc(-c3ccc(OC(F)(F)F)cc3Br)[nH]n2)cc1. The third-order valence-corrected chi connectivity index (χ3v) is 3.84. The Balaban J connectivity index is 1.88. The summed E-state index contributed by atoms with van der Waals surface area (Å²) in [6.45, 7) is 0. The van der Waals surface area contributed by atoms with E-state index in [-0.39, 0.29) is 11.6 Å². The molecule has 8 heteroatoms. The molecule has 0 bridgehead atoms. The second-order valence-corrected chi connectivity index (χ2v) is 5.72. The molecule has 3 aromatic rings. The maximum absolute atomic E-state index is 13.0. The minimum absolute atomic E-state index is 0.323. The molecule has 0 radical (unpaired) electrons. The summed E-state index contributed by atoms with van der Waals surface area (Å²) in [4.78, 5) is 0. The van der Waals surface area contributed by atoms with Crippen molar-refractivity contribution >= 4 is 15.9 Å². The number of H-pyrrole nitrogens is 1. The van der Waals surface area contributed by atoms with Crippen LogP contribution < -0.4 is 4.74 Å². The van der Waals surface area contributed by atoms with Gasteiger partial charge in [0.15, 0.2) is 0 Å². The lowest BCUT2D eigenvalue weighted by Gasteiger charge is -2.10. The molecule has 0 saturated heterocycles. The van der Waals surface area contributed by atoms with E-state index in [1.165, 1.54) is 30.3 Å². The zero-order chi connectivity index (χ0) is 17.3. The van der Waals surface area contributed by atoms with Gasteiger partial charge in [-0.2, -0.15) is 5.10 Å². The fourth-order valence-corrected chi connectivity index (χ4v) is 2.71. The predicted octanol–water partition coefficient (Wildman–Crippen LogP) is 5.54. The van der Waals surface area contributed by atoms with Gasteiger partial charge in [0.25, 0.3) is 0 Å². The van der Waals surface area contributed by atoms with Gasteiger partial charge < -0.3 is 4.74 Å². The first-order chi connectivity index (χ1) is 11.3. The van der Waals surface area contributed by atoms with Crippen LogP contribution in [-0.4, -0.2) is 16.6 Å². The smallest absolute Gasteiger partial charge is 0.406 e. The van der Waals surface area contributed by atoms with Crippen LogP contribution in [0.1, 0.15) is 0 Å². The first-order valence-electron chi connectivity index (χ1n) is 6.69. The van der Waals surface area contributed by atoms with Crippen molar-refractivity contribution in [1.82, 2.24) is 10.2 Å². The van der Waals surface area contributed by atoms with Crippen LogP contribution in [0.2, 0.25) is 0 Å². The minimum atomic E-state index is -4.75. The van der Waals surface area contributed by atoms with E-state index >= 15 is 0 Å². The summed E-state index contributed by atoms with van der Waals surface area (Å²) in [6.07, 6.45) is -4.75. The van der Waals surface area contributed by atoms with Crippen LogP contribution in [0.15, 0.2) is 53.0 Å². The number of halogens is 5. The summed E-state index contributed by atoms with van der Waals surface area (Å²) >= 11 is 3.22. The number of rotatable bonds is 3. The zero-order valence-electron chi connectivity index (χ0n) is 11.9. The summed E-state index contributed by atoms with van der Waals surface area (Å²) in [5.41, 5.74) is 2.52. The molecule has 1 N–H and O–H groups in total. The van der Waals surface area contributed by atoms with Crippen LogP contribution in [0.5, 0.6) is 5.75 Å². The number of alkyl halides is 3. The van der Waals surface area contributed by atoms with Gasteiger partial charge in [0, 0.05) is 15.6 Å². The van der Waals surface area contributed by atoms with Crippen LogP contribution in [0.3, 0.4) is 0 Å². The summed E-state index contributed by atoms with van der Waals surface area (Å²) in [5, 5.41) is 6.94. The molecule has 1 heterocycles. The number of hydrogen-bond donors (Lipinski definition) is 1. The first-order valence-corrected chi connectivity index (χ1v) is 7.48. The molecule has 0 aliphatic carbocycles. The molecule has 0 aliphatic heterocycles. The fraction of sp³-hybridized carbons (Fsp3) is 0.0625. The number of benzene rings is 2. The second kappa shape index (κ2) is 6.27. The van der Waals surface area contributed by atoms with Crippen molar-refractivity contribution in [3.05, 3.63) is 58.8 Å². The topological polar surface area (TPSA) is 37.9 Å². The fourth-order valence-electron chi connectivity index (χ4n) is 2.14. The molecule has 3 rings (SSSR count). The lowest BCUT2D eigenvalue weighted by Crippen LogP contribution is -2.17. The maximum Gasteiger partial charge on any atom is 0.573 e. The Morgan fingerprint density at radius 3 is 2.33 bits per heavy atom. The molecule has 1 aromatic heterocycles. The number of nitrogens with one attached hydrogen (secondary N) is 1. The van der Waals surface area contributed by atoms with Gasteiger partial charge in [-0.1, -0.05) is 0 Å². The molecule has 0 saturated carbocycles. The van der Waals surface area contributed by atoms with Crippen molar-refractivity contribution in [2.24, 2.45) is 0 Å². The van der Waals surface area contributed by atoms with Crippen LogP contribution in [0, 0.1) is 5.82 Å². The largest absolute Gasteiger partial charge is 0.573 e. The normalized spacial score (nSPS) is 11.5. The van der Waals surface area contributed by atoms with Gasteiger partial charge in [0.1, 0.15) is 11.6 Å². The van der Waals surface area contributed by atoms with Gasteiger partial charge in [0.2, 0.25) is 0 Å². The van der Waals surface area contributed by atoms with Crippen molar-refractivity contribution in [2.75, 3.05) is 0 Å². The number of aromatic amines is 1. The van der Waals surface area contributed by atoms with Gasteiger partial charge in [-0.05, 0) is 64.5 Å². The van der Waals surface area contributed by atoms with Gasteiger partial charge in [-0.25, -0.2) is 4.39 Å². The molecule has 3 nitrogen and oxygen atoms in total. The molecule has 0 unspecified atom stereocenters. The first kappa shape index (κ1) is 16.5. The molecule has 0 aliphatic rings. The van der Waals surface area contributed by atoms with Crippen LogP contribution in [0.4, 0.5) is 17.6 Å². The highest BCUT2D eigenvalue weighted by atomic mass is 79.9. The Hall–Kier alpha value is -2.35. The Kier molecular flexibility index (Phi) is 4.31.